The van der Waals surface area contributed by atoms with Crippen LogP contribution in [0, 0.1) is 0 Å². The molecule has 1 atom stereocenters. The fourth-order valence-corrected chi connectivity index (χ4v) is 2.79. The summed E-state index contributed by atoms with van der Waals surface area (Å²) in [5, 5.41) is 4.09. The minimum atomic E-state index is 0.174. The first-order chi connectivity index (χ1) is 9.65. The van der Waals surface area contributed by atoms with Gasteiger partial charge in [-0.2, -0.15) is 0 Å². The van der Waals surface area contributed by atoms with Crippen molar-refractivity contribution in [1.82, 2.24) is 5.32 Å². The van der Waals surface area contributed by atoms with Crippen molar-refractivity contribution in [2.24, 2.45) is 0 Å². The minimum absolute atomic E-state index is 0.174. The van der Waals surface area contributed by atoms with Crippen LogP contribution in [0.15, 0.2) is 46.9 Å². The van der Waals surface area contributed by atoms with Crippen molar-refractivity contribution >= 4 is 27.5 Å². The lowest BCUT2D eigenvalue weighted by molar-refractivity contribution is 0.414. The van der Waals surface area contributed by atoms with Gasteiger partial charge in [0, 0.05) is 10.5 Å². The van der Waals surface area contributed by atoms with Gasteiger partial charge in [-0.3, -0.25) is 0 Å². The van der Waals surface area contributed by atoms with Crippen molar-refractivity contribution in [3.8, 4) is 5.75 Å². The third-order valence-corrected chi connectivity index (χ3v) is 4.62. The van der Waals surface area contributed by atoms with Gasteiger partial charge in [-0.25, -0.2) is 0 Å². The van der Waals surface area contributed by atoms with Gasteiger partial charge in [0.1, 0.15) is 5.75 Å². The summed E-state index contributed by atoms with van der Waals surface area (Å²) in [6, 6.07) is 14.3. The van der Waals surface area contributed by atoms with E-state index in [9.17, 15) is 0 Å². The van der Waals surface area contributed by atoms with E-state index in [4.69, 9.17) is 16.3 Å². The first kappa shape index (κ1) is 15.4. The van der Waals surface area contributed by atoms with Crippen LogP contribution >= 0.6 is 27.5 Å². The quantitative estimate of drug-likeness (QED) is 0.846. The second-order valence-electron chi connectivity index (χ2n) is 4.54. The number of hydrogen-bond donors (Lipinski definition) is 1. The molecule has 0 amide bonds. The lowest BCUT2D eigenvalue weighted by Gasteiger charge is -2.19. The molecule has 0 fully saturated rings. The lowest BCUT2D eigenvalue weighted by Crippen LogP contribution is -2.19. The van der Waals surface area contributed by atoms with Crippen molar-refractivity contribution in [2.45, 2.75) is 12.5 Å². The number of ether oxygens (including phenoxy) is 1. The average molecular weight is 355 g/mol. The van der Waals surface area contributed by atoms with Crippen LogP contribution in [0.3, 0.4) is 0 Å². The van der Waals surface area contributed by atoms with Gasteiger partial charge in [-0.15, -0.1) is 0 Å². The molecule has 0 saturated heterocycles. The van der Waals surface area contributed by atoms with Gasteiger partial charge in [-0.1, -0.05) is 35.9 Å². The first-order valence-corrected chi connectivity index (χ1v) is 7.57. The number of halogens is 2. The van der Waals surface area contributed by atoms with E-state index in [0.29, 0.717) is 0 Å². The second kappa shape index (κ2) is 7.11. The molecule has 0 heterocycles. The highest BCUT2D eigenvalue weighted by Gasteiger charge is 2.15. The molecule has 0 aliphatic rings. The highest BCUT2D eigenvalue weighted by atomic mass is 79.9. The van der Waals surface area contributed by atoms with E-state index >= 15 is 0 Å². The highest BCUT2D eigenvalue weighted by molar-refractivity contribution is 9.10. The van der Waals surface area contributed by atoms with Crippen molar-refractivity contribution in [3.05, 3.63) is 63.1 Å². The molecule has 0 aliphatic carbocycles. The fraction of sp³-hybridized carbons (Fsp3) is 0.250. The van der Waals surface area contributed by atoms with Crippen LogP contribution in [0.2, 0.25) is 5.02 Å². The summed E-state index contributed by atoms with van der Waals surface area (Å²) >= 11 is 9.85. The summed E-state index contributed by atoms with van der Waals surface area (Å²) in [4.78, 5) is 0. The largest absolute Gasteiger partial charge is 0.497 e. The summed E-state index contributed by atoms with van der Waals surface area (Å²) in [6.45, 7) is 0. The molecule has 1 N–H and O–H groups in total. The predicted molar refractivity (Wildman–Crippen MR) is 87.7 cm³/mol. The number of likely N-dealkylation sites (N-methyl/N-ethyl adjacent to an activating group) is 1. The molecule has 1 unspecified atom stereocenters. The normalized spacial score (nSPS) is 12.2. The van der Waals surface area contributed by atoms with E-state index in [1.165, 1.54) is 5.56 Å². The van der Waals surface area contributed by atoms with Crippen molar-refractivity contribution in [1.29, 1.82) is 0 Å². The summed E-state index contributed by atoms with van der Waals surface area (Å²) in [5.41, 5.74) is 2.33. The molecule has 0 bridgehead atoms. The molecule has 0 aliphatic heterocycles. The van der Waals surface area contributed by atoms with Crippen LogP contribution in [-0.4, -0.2) is 14.2 Å². The zero-order valence-electron chi connectivity index (χ0n) is 11.5. The van der Waals surface area contributed by atoms with Crippen LogP contribution in [0.1, 0.15) is 17.2 Å². The Hall–Kier alpha value is -1.03. The Labute approximate surface area is 133 Å². The second-order valence-corrected chi connectivity index (χ2v) is 5.77. The lowest BCUT2D eigenvalue weighted by atomic mass is 9.99. The van der Waals surface area contributed by atoms with Gasteiger partial charge < -0.3 is 10.1 Å². The molecule has 2 nitrogen and oxygen atoms in total. The van der Waals surface area contributed by atoms with E-state index in [1.54, 1.807) is 7.11 Å². The Kier molecular flexibility index (Phi) is 5.46. The molecule has 2 aromatic rings. The van der Waals surface area contributed by atoms with Crippen molar-refractivity contribution < 1.29 is 4.74 Å². The molecular weight excluding hydrogens is 338 g/mol. The van der Waals surface area contributed by atoms with E-state index in [1.807, 2.05) is 31.3 Å². The molecule has 4 heteroatoms. The van der Waals surface area contributed by atoms with E-state index in [2.05, 4.69) is 39.4 Å². The standard InChI is InChI=1S/C16H17BrClNO/c1-19-15(13-4-3-5-14(17)16(13)18)10-11-6-8-12(20-2)9-7-11/h3-9,15,19H,10H2,1-2H3. The van der Waals surface area contributed by atoms with Gasteiger partial charge in [0.2, 0.25) is 0 Å². The predicted octanol–water partition coefficient (Wildman–Crippen LogP) is 4.61. The van der Waals surface area contributed by atoms with Crippen LogP contribution in [0.25, 0.3) is 0 Å². The Balaban J connectivity index is 2.21. The molecule has 2 aromatic carbocycles. The van der Waals surface area contributed by atoms with Crippen LogP contribution in [0.5, 0.6) is 5.75 Å². The first-order valence-electron chi connectivity index (χ1n) is 6.39. The smallest absolute Gasteiger partial charge is 0.118 e. The zero-order chi connectivity index (χ0) is 14.5. The average Bonchev–Trinajstić information content (AvgIpc) is 2.48. The van der Waals surface area contributed by atoms with Crippen molar-refractivity contribution in [2.75, 3.05) is 14.2 Å². The Morgan fingerprint density at radius 1 is 1.20 bits per heavy atom. The summed E-state index contributed by atoms with van der Waals surface area (Å²) < 4.78 is 6.10. The van der Waals surface area contributed by atoms with Gasteiger partial charge >= 0.3 is 0 Å². The van der Waals surface area contributed by atoms with Gasteiger partial charge in [0.05, 0.1) is 12.1 Å². The molecule has 2 rings (SSSR count). The Morgan fingerprint density at radius 3 is 2.50 bits per heavy atom. The molecule has 0 spiro atoms. The summed E-state index contributed by atoms with van der Waals surface area (Å²) in [6.07, 6.45) is 0.872. The number of methoxy groups -OCH3 is 1. The topological polar surface area (TPSA) is 21.3 Å². The van der Waals surface area contributed by atoms with Crippen LogP contribution in [-0.2, 0) is 6.42 Å². The van der Waals surface area contributed by atoms with Gasteiger partial charge in [-0.05, 0) is 58.7 Å². The van der Waals surface area contributed by atoms with E-state index < -0.39 is 0 Å². The van der Waals surface area contributed by atoms with Crippen LogP contribution < -0.4 is 10.1 Å². The number of nitrogens with one attached hydrogen (secondary N) is 1. The van der Waals surface area contributed by atoms with E-state index in [0.717, 1.165) is 27.2 Å². The van der Waals surface area contributed by atoms with Gasteiger partial charge in [0.15, 0.2) is 0 Å². The molecule has 20 heavy (non-hydrogen) atoms. The maximum Gasteiger partial charge on any atom is 0.118 e. The number of rotatable bonds is 5. The zero-order valence-corrected chi connectivity index (χ0v) is 13.8. The molecule has 0 radical (unpaired) electrons. The van der Waals surface area contributed by atoms with Gasteiger partial charge in [0.25, 0.3) is 0 Å². The SMILES string of the molecule is CNC(Cc1ccc(OC)cc1)c1cccc(Br)c1Cl. The maximum absolute atomic E-state index is 6.37. The molecular formula is C16H17BrClNO. The number of hydrogen-bond acceptors (Lipinski definition) is 2. The van der Waals surface area contributed by atoms with Crippen molar-refractivity contribution in [3.63, 3.8) is 0 Å². The maximum atomic E-state index is 6.37. The molecule has 0 aromatic heterocycles. The summed E-state index contributed by atoms with van der Waals surface area (Å²) in [5.74, 6) is 0.871. The summed E-state index contributed by atoms with van der Waals surface area (Å²) in [7, 11) is 3.62. The Morgan fingerprint density at radius 2 is 1.90 bits per heavy atom. The van der Waals surface area contributed by atoms with Crippen LogP contribution in [0.4, 0.5) is 0 Å². The highest BCUT2D eigenvalue weighted by Crippen LogP contribution is 2.31. The fourth-order valence-electron chi connectivity index (χ4n) is 2.15. The molecule has 0 saturated carbocycles. The third-order valence-electron chi connectivity index (χ3n) is 3.30. The monoisotopic (exact) mass is 353 g/mol. The number of benzene rings is 2. The third kappa shape index (κ3) is 3.54. The van der Waals surface area contributed by atoms with E-state index in [-0.39, 0.29) is 6.04 Å². The Bertz CT molecular complexity index is 571. The molecule has 106 valence electrons. The minimum Gasteiger partial charge on any atom is -0.497 e.